The predicted molar refractivity (Wildman–Crippen MR) is 116 cm³/mol. The molecule has 1 saturated heterocycles. The molecule has 2 aromatic heterocycles. The molecule has 0 atom stereocenters. The van der Waals surface area contributed by atoms with Gasteiger partial charge in [0, 0.05) is 24.7 Å². The first kappa shape index (κ1) is 19.3. The summed E-state index contributed by atoms with van der Waals surface area (Å²) in [5, 5.41) is 3.99. The van der Waals surface area contributed by atoms with Gasteiger partial charge in [0.25, 0.3) is 5.89 Å². The van der Waals surface area contributed by atoms with Crippen LogP contribution in [0.2, 0.25) is 0 Å². The number of hydrogen-bond donors (Lipinski definition) is 1. The van der Waals surface area contributed by atoms with E-state index in [0.717, 1.165) is 35.0 Å². The van der Waals surface area contributed by atoms with E-state index in [1.807, 2.05) is 64.9 Å². The molecule has 3 heterocycles. The number of piperidine rings is 1. The fourth-order valence-electron chi connectivity index (χ4n) is 4.31. The van der Waals surface area contributed by atoms with Crippen molar-refractivity contribution in [3.63, 3.8) is 0 Å². The summed E-state index contributed by atoms with van der Waals surface area (Å²) < 4.78 is 7.19. The molecule has 0 radical (unpaired) electrons. The average Bonchev–Trinajstić information content (AvgIpc) is 3.37. The number of aryl methyl sites for hydroxylation is 1. The standard InChI is InChI=1S/C23H23N5O3/c1-15-6-2-3-7-17(15)22-25-20(26-31-22)14-21(29)27-12-10-16(11-13-27)28-19-9-5-4-8-18(19)24-23(28)30/h2-9,16H,10-14H2,1H3,(H,24,30). The Morgan fingerprint density at radius 2 is 1.87 bits per heavy atom. The number of carbonyl (C=O) groups is 1. The van der Waals surface area contributed by atoms with Gasteiger partial charge in [0.15, 0.2) is 5.82 Å². The number of fused-ring (bicyclic) bond motifs is 1. The highest BCUT2D eigenvalue weighted by atomic mass is 16.5. The van der Waals surface area contributed by atoms with Crippen LogP contribution in [0.5, 0.6) is 0 Å². The van der Waals surface area contributed by atoms with Gasteiger partial charge < -0.3 is 14.4 Å². The molecule has 1 aliphatic heterocycles. The van der Waals surface area contributed by atoms with Gasteiger partial charge in [-0.25, -0.2) is 4.79 Å². The molecule has 0 saturated carbocycles. The Balaban J connectivity index is 1.24. The molecule has 31 heavy (non-hydrogen) atoms. The number of para-hydroxylation sites is 2. The SMILES string of the molecule is Cc1ccccc1-c1nc(CC(=O)N2CCC(n3c(=O)[nH]c4ccccc43)CC2)no1. The number of hydrogen-bond acceptors (Lipinski definition) is 5. The number of amides is 1. The first-order chi connectivity index (χ1) is 15.1. The minimum atomic E-state index is -0.0958. The van der Waals surface area contributed by atoms with Crippen molar-refractivity contribution >= 4 is 16.9 Å². The predicted octanol–water partition coefficient (Wildman–Crippen LogP) is 3.09. The van der Waals surface area contributed by atoms with Crippen molar-refractivity contribution in [3.05, 3.63) is 70.4 Å². The largest absolute Gasteiger partial charge is 0.342 e. The third kappa shape index (κ3) is 3.65. The van der Waals surface area contributed by atoms with Crippen LogP contribution in [-0.4, -0.2) is 43.6 Å². The second-order valence-electron chi connectivity index (χ2n) is 7.94. The molecule has 2 aromatic carbocycles. The van der Waals surface area contributed by atoms with Gasteiger partial charge >= 0.3 is 5.69 Å². The third-order valence-electron chi connectivity index (χ3n) is 5.96. The Bertz CT molecular complexity index is 1290. The van der Waals surface area contributed by atoms with Gasteiger partial charge in [0.05, 0.1) is 17.5 Å². The van der Waals surface area contributed by atoms with Crippen LogP contribution >= 0.6 is 0 Å². The van der Waals surface area contributed by atoms with Crippen molar-refractivity contribution < 1.29 is 9.32 Å². The number of nitrogens with one attached hydrogen (secondary N) is 1. The van der Waals surface area contributed by atoms with E-state index in [9.17, 15) is 9.59 Å². The Kier molecular flexibility index (Phi) is 4.89. The van der Waals surface area contributed by atoms with E-state index in [1.54, 1.807) is 0 Å². The molecule has 4 aromatic rings. The van der Waals surface area contributed by atoms with Gasteiger partial charge in [0.2, 0.25) is 5.91 Å². The highest BCUT2D eigenvalue weighted by Gasteiger charge is 2.27. The molecule has 0 unspecified atom stereocenters. The monoisotopic (exact) mass is 417 g/mol. The highest BCUT2D eigenvalue weighted by molar-refractivity contribution is 5.78. The summed E-state index contributed by atoms with van der Waals surface area (Å²) in [5.41, 5.74) is 3.57. The maximum atomic E-state index is 12.8. The van der Waals surface area contributed by atoms with Crippen molar-refractivity contribution in [1.82, 2.24) is 24.6 Å². The maximum Gasteiger partial charge on any atom is 0.326 e. The smallest absolute Gasteiger partial charge is 0.326 e. The molecule has 8 nitrogen and oxygen atoms in total. The van der Waals surface area contributed by atoms with Gasteiger partial charge in [0.1, 0.15) is 0 Å². The van der Waals surface area contributed by atoms with Crippen LogP contribution in [0.1, 0.15) is 30.3 Å². The number of benzene rings is 2. The number of carbonyl (C=O) groups excluding carboxylic acids is 1. The number of likely N-dealkylation sites (tertiary alicyclic amines) is 1. The van der Waals surface area contributed by atoms with E-state index in [1.165, 1.54) is 0 Å². The van der Waals surface area contributed by atoms with Crippen molar-refractivity contribution in [1.29, 1.82) is 0 Å². The molecule has 158 valence electrons. The van der Waals surface area contributed by atoms with Gasteiger partial charge in [-0.3, -0.25) is 9.36 Å². The Hall–Kier alpha value is -3.68. The second kappa shape index (κ2) is 7.86. The highest BCUT2D eigenvalue weighted by Crippen LogP contribution is 2.25. The van der Waals surface area contributed by atoms with E-state index in [2.05, 4.69) is 15.1 Å². The number of H-pyrrole nitrogens is 1. The van der Waals surface area contributed by atoms with E-state index in [0.29, 0.717) is 24.8 Å². The zero-order valence-electron chi connectivity index (χ0n) is 17.2. The molecule has 1 N–H and O–H groups in total. The summed E-state index contributed by atoms with van der Waals surface area (Å²) in [6.07, 6.45) is 1.56. The lowest BCUT2D eigenvalue weighted by molar-refractivity contribution is -0.131. The Labute approximate surface area is 178 Å². The van der Waals surface area contributed by atoms with Gasteiger partial charge in [-0.05, 0) is 43.5 Å². The molecule has 1 amide bonds. The summed E-state index contributed by atoms with van der Waals surface area (Å²) >= 11 is 0. The Morgan fingerprint density at radius 1 is 1.13 bits per heavy atom. The normalized spacial score (nSPS) is 14.9. The molecule has 5 rings (SSSR count). The zero-order chi connectivity index (χ0) is 21.4. The van der Waals surface area contributed by atoms with Crippen LogP contribution in [0.4, 0.5) is 0 Å². The van der Waals surface area contributed by atoms with Crippen molar-refractivity contribution in [2.45, 2.75) is 32.2 Å². The fraction of sp³-hybridized carbons (Fsp3) is 0.304. The second-order valence-corrected chi connectivity index (χ2v) is 7.94. The minimum Gasteiger partial charge on any atom is -0.342 e. The maximum absolute atomic E-state index is 12.8. The molecular formula is C23H23N5O3. The van der Waals surface area contributed by atoms with Crippen molar-refractivity contribution in [2.75, 3.05) is 13.1 Å². The van der Waals surface area contributed by atoms with Crippen molar-refractivity contribution in [2.24, 2.45) is 0 Å². The van der Waals surface area contributed by atoms with Gasteiger partial charge in [-0.1, -0.05) is 35.5 Å². The average molecular weight is 417 g/mol. The number of rotatable bonds is 4. The summed E-state index contributed by atoms with van der Waals surface area (Å²) in [5.74, 6) is 0.790. The lowest BCUT2D eigenvalue weighted by Gasteiger charge is -2.32. The number of aromatic amines is 1. The summed E-state index contributed by atoms with van der Waals surface area (Å²) in [6.45, 7) is 3.17. The number of imidazole rings is 1. The topological polar surface area (TPSA) is 97.0 Å². The van der Waals surface area contributed by atoms with Crippen molar-refractivity contribution in [3.8, 4) is 11.5 Å². The first-order valence-electron chi connectivity index (χ1n) is 10.5. The molecule has 0 bridgehead atoms. The summed E-state index contributed by atoms with van der Waals surface area (Å²) in [4.78, 5) is 34.4. The van der Waals surface area contributed by atoms with Crippen LogP contribution < -0.4 is 5.69 Å². The zero-order valence-corrected chi connectivity index (χ0v) is 17.2. The summed E-state index contributed by atoms with van der Waals surface area (Å²) in [7, 11) is 0. The Morgan fingerprint density at radius 3 is 2.68 bits per heavy atom. The van der Waals surface area contributed by atoms with Crippen LogP contribution in [0.3, 0.4) is 0 Å². The molecule has 0 spiro atoms. The van der Waals surface area contributed by atoms with E-state index in [-0.39, 0.29) is 24.1 Å². The molecule has 1 aliphatic rings. The van der Waals surface area contributed by atoms with E-state index < -0.39 is 0 Å². The van der Waals surface area contributed by atoms with E-state index >= 15 is 0 Å². The van der Waals surface area contributed by atoms with Crippen LogP contribution in [0.25, 0.3) is 22.5 Å². The van der Waals surface area contributed by atoms with Crippen LogP contribution in [0.15, 0.2) is 57.8 Å². The summed E-state index contributed by atoms with van der Waals surface area (Å²) in [6, 6.07) is 15.5. The number of aromatic nitrogens is 4. The quantitative estimate of drug-likeness (QED) is 0.550. The molecule has 8 heteroatoms. The minimum absolute atomic E-state index is 0.0261. The van der Waals surface area contributed by atoms with Gasteiger partial charge in [-0.2, -0.15) is 4.98 Å². The molecule has 1 fully saturated rings. The van der Waals surface area contributed by atoms with Gasteiger partial charge in [-0.15, -0.1) is 0 Å². The lowest BCUT2D eigenvalue weighted by Crippen LogP contribution is -2.41. The number of nitrogens with zero attached hydrogens (tertiary/aromatic N) is 4. The van der Waals surface area contributed by atoms with E-state index in [4.69, 9.17) is 4.52 Å². The first-order valence-corrected chi connectivity index (χ1v) is 10.5. The fourth-order valence-corrected chi connectivity index (χ4v) is 4.31. The lowest BCUT2D eigenvalue weighted by atomic mass is 10.0. The molecular weight excluding hydrogens is 394 g/mol. The third-order valence-corrected chi connectivity index (χ3v) is 5.96. The molecule has 0 aliphatic carbocycles. The van der Waals surface area contributed by atoms with Crippen LogP contribution in [-0.2, 0) is 11.2 Å². The van der Waals surface area contributed by atoms with Crippen LogP contribution in [0, 0.1) is 6.92 Å².